The Labute approximate surface area is 152 Å². The van der Waals surface area contributed by atoms with Gasteiger partial charge in [-0.05, 0) is 31.2 Å². The number of carbonyl (C=O) groups is 2. The number of pyridine rings is 1. The Morgan fingerprint density at radius 2 is 1.92 bits per heavy atom. The van der Waals surface area contributed by atoms with Gasteiger partial charge in [-0.25, -0.2) is 0 Å². The molecule has 0 N–H and O–H groups in total. The topological polar surface area (TPSA) is 62.7 Å². The van der Waals surface area contributed by atoms with E-state index in [4.69, 9.17) is 4.74 Å². The molecule has 2 saturated heterocycles. The largest absolute Gasteiger partial charge is 0.485 e. The van der Waals surface area contributed by atoms with Crippen molar-refractivity contribution in [3.63, 3.8) is 0 Å². The summed E-state index contributed by atoms with van der Waals surface area (Å²) in [7, 11) is 0. The van der Waals surface area contributed by atoms with Gasteiger partial charge in [-0.2, -0.15) is 0 Å². The molecular weight excluding hydrogens is 330 g/mol. The van der Waals surface area contributed by atoms with Crippen LogP contribution in [-0.4, -0.2) is 47.4 Å². The van der Waals surface area contributed by atoms with E-state index in [0.717, 1.165) is 11.3 Å². The van der Waals surface area contributed by atoms with Crippen LogP contribution in [0.5, 0.6) is 5.75 Å². The predicted octanol–water partition coefficient (Wildman–Crippen LogP) is 2.03. The van der Waals surface area contributed by atoms with Gasteiger partial charge in [-0.3, -0.25) is 14.6 Å². The molecule has 2 aliphatic rings. The molecule has 6 nitrogen and oxygen atoms in total. The first-order valence-electron chi connectivity index (χ1n) is 8.82. The Morgan fingerprint density at radius 3 is 2.62 bits per heavy atom. The molecule has 134 valence electrons. The van der Waals surface area contributed by atoms with Crippen LogP contribution in [0.3, 0.4) is 0 Å². The average Bonchev–Trinajstić information content (AvgIpc) is 3.01. The van der Waals surface area contributed by atoms with Gasteiger partial charge in [0.2, 0.25) is 11.8 Å². The molecule has 1 aromatic heterocycles. The summed E-state index contributed by atoms with van der Waals surface area (Å²) in [4.78, 5) is 32.5. The van der Waals surface area contributed by atoms with Gasteiger partial charge in [0.15, 0.2) is 0 Å². The van der Waals surface area contributed by atoms with Gasteiger partial charge < -0.3 is 14.5 Å². The van der Waals surface area contributed by atoms with E-state index in [1.165, 1.54) is 0 Å². The van der Waals surface area contributed by atoms with Crippen LogP contribution in [0.4, 0.5) is 5.69 Å². The van der Waals surface area contributed by atoms with Gasteiger partial charge in [-0.1, -0.05) is 17.7 Å². The minimum Gasteiger partial charge on any atom is -0.485 e. The Morgan fingerprint density at radius 1 is 1.15 bits per heavy atom. The lowest BCUT2D eigenvalue weighted by Crippen LogP contribution is -2.57. The normalized spacial score (nSPS) is 20.2. The van der Waals surface area contributed by atoms with Crippen LogP contribution in [0.1, 0.15) is 12.0 Å². The van der Waals surface area contributed by atoms with Crippen LogP contribution in [-0.2, 0) is 9.59 Å². The van der Waals surface area contributed by atoms with Gasteiger partial charge in [0.05, 0.1) is 25.2 Å². The summed E-state index contributed by atoms with van der Waals surface area (Å²) < 4.78 is 5.78. The van der Waals surface area contributed by atoms with Gasteiger partial charge >= 0.3 is 0 Å². The quantitative estimate of drug-likeness (QED) is 0.846. The second kappa shape index (κ2) is 6.78. The summed E-state index contributed by atoms with van der Waals surface area (Å²) in [6.07, 6.45) is 3.63. The molecule has 4 rings (SSSR count). The van der Waals surface area contributed by atoms with Gasteiger partial charge in [0.1, 0.15) is 11.9 Å². The molecule has 0 radical (unpaired) electrons. The number of carbonyl (C=O) groups excluding carboxylic acids is 2. The Balaban J connectivity index is 1.32. The maximum atomic E-state index is 12.7. The number of ether oxygens (including phenoxy) is 1. The number of nitrogens with zero attached hydrogens (tertiary/aromatic N) is 3. The summed E-state index contributed by atoms with van der Waals surface area (Å²) in [6, 6.07) is 11.5. The van der Waals surface area contributed by atoms with Crippen molar-refractivity contribution in [3.05, 3.63) is 54.4 Å². The molecule has 1 atom stereocenters. The number of hydrogen-bond donors (Lipinski definition) is 0. The Kier molecular flexibility index (Phi) is 4.32. The molecular formula is C20H21N3O3. The second-order valence-corrected chi connectivity index (χ2v) is 6.91. The molecule has 2 aliphatic heterocycles. The first kappa shape index (κ1) is 16.6. The average molecular weight is 351 g/mol. The maximum absolute atomic E-state index is 12.7. The Bertz CT molecular complexity index is 801. The SMILES string of the molecule is Cc1ccc(N2CC(C(=O)N3CC(Oc4cccnc4)C3)CC2=O)cc1. The third-order valence-corrected chi connectivity index (χ3v) is 4.92. The summed E-state index contributed by atoms with van der Waals surface area (Å²) in [5.74, 6) is 0.490. The van der Waals surface area contributed by atoms with Crippen molar-refractivity contribution >= 4 is 17.5 Å². The summed E-state index contributed by atoms with van der Waals surface area (Å²) in [5.41, 5.74) is 2.01. The van der Waals surface area contributed by atoms with Crippen molar-refractivity contribution in [2.75, 3.05) is 24.5 Å². The van der Waals surface area contributed by atoms with E-state index in [2.05, 4.69) is 4.98 Å². The number of aromatic nitrogens is 1. The smallest absolute Gasteiger partial charge is 0.228 e. The zero-order chi connectivity index (χ0) is 18.1. The molecule has 6 heteroatoms. The minimum atomic E-state index is -0.275. The summed E-state index contributed by atoms with van der Waals surface area (Å²) in [5, 5.41) is 0. The molecule has 2 amide bonds. The van der Waals surface area contributed by atoms with Crippen molar-refractivity contribution in [3.8, 4) is 5.75 Å². The van der Waals surface area contributed by atoms with Crippen molar-refractivity contribution in [2.45, 2.75) is 19.4 Å². The molecule has 1 aromatic carbocycles. The van der Waals surface area contributed by atoms with Gasteiger partial charge in [0, 0.05) is 24.8 Å². The number of likely N-dealkylation sites (tertiary alicyclic amines) is 1. The fourth-order valence-corrected chi connectivity index (χ4v) is 3.41. The van der Waals surface area contributed by atoms with Crippen LogP contribution < -0.4 is 9.64 Å². The van der Waals surface area contributed by atoms with E-state index in [-0.39, 0.29) is 30.3 Å². The summed E-state index contributed by atoms with van der Waals surface area (Å²) >= 11 is 0. The zero-order valence-electron chi connectivity index (χ0n) is 14.7. The van der Waals surface area contributed by atoms with E-state index >= 15 is 0 Å². The highest BCUT2D eigenvalue weighted by atomic mass is 16.5. The van der Waals surface area contributed by atoms with Gasteiger partial charge in [-0.15, -0.1) is 0 Å². The molecule has 2 aromatic rings. The van der Waals surface area contributed by atoms with Crippen LogP contribution in [0.25, 0.3) is 0 Å². The predicted molar refractivity (Wildman–Crippen MR) is 96.9 cm³/mol. The standard InChI is InChI=1S/C20H21N3O3/c1-14-4-6-16(7-5-14)23-11-15(9-19(23)24)20(25)22-12-18(13-22)26-17-3-2-8-21-10-17/h2-8,10,15,18H,9,11-13H2,1H3. The molecule has 0 aliphatic carbocycles. The second-order valence-electron chi connectivity index (χ2n) is 6.91. The summed E-state index contributed by atoms with van der Waals surface area (Å²) in [6.45, 7) is 3.58. The van der Waals surface area contributed by atoms with Crippen LogP contribution in [0, 0.1) is 12.8 Å². The van der Waals surface area contributed by atoms with E-state index in [0.29, 0.717) is 25.4 Å². The van der Waals surface area contributed by atoms with E-state index < -0.39 is 0 Å². The molecule has 3 heterocycles. The van der Waals surface area contributed by atoms with E-state index in [1.807, 2.05) is 43.3 Å². The fourth-order valence-electron chi connectivity index (χ4n) is 3.41. The van der Waals surface area contributed by atoms with Crippen molar-refractivity contribution in [2.24, 2.45) is 5.92 Å². The maximum Gasteiger partial charge on any atom is 0.228 e. The van der Waals surface area contributed by atoms with E-state index in [1.54, 1.807) is 22.2 Å². The van der Waals surface area contributed by atoms with Crippen molar-refractivity contribution < 1.29 is 14.3 Å². The first-order chi connectivity index (χ1) is 12.6. The highest BCUT2D eigenvalue weighted by Gasteiger charge is 2.41. The van der Waals surface area contributed by atoms with Crippen LogP contribution >= 0.6 is 0 Å². The third kappa shape index (κ3) is 3.27. The lowest BCUT2D eigenvalue weighted by atomic mass is 10.0. The number of aryl methyl sites for hydroxylation is 1. The number of rotatable bonds is 4. The molecule has 26 heavy (non-hydrogen) atoms. The third-order valence-electron chi connectivity index (χ3n) is 4.92. The lowest BCUT2D eigenvalue weighted by Gasteiger charge is -2.40. The molecule has 0 saturated carbocycles. The number of hydrogen-bond acceptors (Lipinski definition) is 4. The molecule has 1 unspecified atom stereocenters. The number of amides is 2. The zero-order valence-corrected chi connectivity index (χ0v) is 14.7. The highest BCUT2D eigenvalue weighted by Crippen LogP contribution is 2.28. The monoisotopic (exact) mass is 351 g/mol. The molecule has 0 spiro atoms. The molecule has 2 fully saturated rings. The van der Waals surface area contributed by atoms with Crippen LogP contribution in [0.15, 0.2) is 48.8 Å². The fraction of sp³-hybridized carbons (Fsp3) is 0.350. The van der Waals surface area contributed by atoms with E-state index in [9.17, 15) is 9.59 Å². The lowest BCUT2D eigenvalue weighted by molar-refractivity contribution is -0.144. The number of anilines is 1. The number of benzene rings is 1. The first-order valence-corrected chi connectivity index (χ1v) is 8.82. The molecule has 0 bridgehead atoms. The van der Waals surface area contributed by atoms with Gasteiger partial charge in [0.25, 0.3) is 0 Å². The van der Waals surface area contributed by atoms with Crippen LogP contribution in [0.2, 0.25) is 0 Å². The van der Waals surface area contributed by atoms with Crippen molar-refractivity contribution in [1.29, 1.82) is 0 Å². The Hall–Kier alpha value is -2.89. The minimum absolute atomic E-state index is 0.00606. The van der Waals surface area contributed by atoms with Crippen molar-refractivity contribution in [1.82, 2.24) is 9.88 Å². The highest BCUT2D eigenvalue weighted by molar-refractivity contribution is 6.00.